The maximum absolute atomic E-state index is 10.2. The number of hydrogen-bond donors (Lipinski definition) is 3. The molecule has 9 heavy (non-hydrogen) atoms. The smallest absolute Gasteiger partial charge is 0.357 e. The molecule has 1 rings (SSSR count). The lowest BCUT2D eigenvalue weighted by atomic mass is 10.5. The molecule has 0 saturated heterocycles. The van der Waals surface area contributed by atoms with E-state index >= 15 is 0 Å². The van der Waals surface area contributed by atoms with Gasteiger partial charge in [0.05, 0.1) is 5.55 Å². The number of thioether (sulfide) groups is 1. The van der Waals surface area contributed by atoms with Crippen LogP contribution in [-0.4, -0.2) is 21.6 Å². The lowest BCUT2D eigenvalue weighted by Gasteiger charge is -2.14. The van der Waals surface area contributed by atoms with E-state index in [9.17, 15) is 4.79 Å². The molecule has 4 N–H and O–H groups in total. The van der Waals surface area contributed by atoms with Crippen LogP contribution in [0.3, 0.4) is 0 Å². The quantitative estimate of drug-likeness (QED) is 0.441. The van der Waals surface area contributed by atoms with Crippen LogP contribution in [0.5, 0.6) is 0 Å². The number of rotatable bonds is 1. The Morgan fingerprint density at radius 2 is 2.67 bits per heavy atom. The summed E-state index contributed by atoms with van der Waals surface area (Å²) in [6.45, 7) is 0. The minimum atomic E-state index is -1.44. The lowest BCUT2D eigenvalue weighted by molar-refractivity contribution is -0.140. The van der Waals surface area contributed by atoms with Gasteiger partial charge in [0.1, 0.15) is 0 Å². The number of hydrogen-bond acceptors (Lipinski definition) is 5. The summed E-state index contributed by atoms with van der Waals surface area (Å²) >= 11 is 0.928. The number of aliphatic carboxylic acids is 1. The van der Waals surface area contributed by atoms with Crippen molar-refractivity contribution in [3.05, 3.63) is 0 Å². The molecule has 50 valence electrons. The Bertz CT molecular complexity index is 160. The standard InChI is InChI=1S/C3H5N3O2S/c4-3(2(7)8)6-5-1-9-3/h1,6H,4H2,(H,7,8). The Kier molecular flexibility index (Phi) is 1.34. The van der Waals surface area contributed by atoms with Crippen LogP contribution in [0.15, 0.2) is 5.10 Å². The van der Waals surface area contributed by atoms with Gasteiger partial charge in [0.15, 0.2) is 0 Å². The SMILES string of the molecule is NC1(C(=O)O)NN=CS1. The van der Waals surface area contributed by atoms with Crippen molar-refractivity contribution in [2.45, 2.75) is 4.99 Å². The maximum Gasteiger partial charge on any atom is 0.357 e. The van der Waals surface area contributed by atoms with Gasteiger partial charge >= 0.3 is 5.97 Å². The van der Waals surface area contributed by atoms with Crippen molar-refractivity contribution in [2.24, 2.45) is 10.8 Å². The zero-order valence-corrected chi connectivity index (χ0v) is 5.18. The van der Waals surface area contributed by atoms with Crippen LogP contribution >= 0.6 is 11.8 Å². The molecule has 0 bridgehead atoms. The second kappa shape index (κ2) is 1.89. The average molecular weight is 147 g/mol. The summed E-state index contributed by atoms with van der Waals surface area (Å²) in [6, 6.07) is 0. The van der Waals surface area contributed by atoms with Gasteiger partial charge in [0, 0.05) is 0 Å². The van der Waals surface area contributed by atoms with E-state index in [-0.39, 0.29) is 0 Å². The van der Waals surface area contributed by atoms with Gasteiger partial charge in [-0.05, 0) is 0 Å². The predicted octanol–water partition coefficient (Wildman–Crippen LogP) is -1.04. The second-order valence-corrected chi connectivity index (χ2v) is 2.60. The van der Waals surface area contributed by atoms with Crippen LogP contribution in [0.25, 0.3) is 0 Å². The van der Waals surface area contributed by atoms with Crippen LogP contribution in [0.4, 0.5) is 0 Å². The van der Waals surface area contributed by atoms with Gasteiger partial charge < -0.3 is 5.11 Å². The number of carbonyl (C=O) groups is 1. The molecule has 1 atom stereocenters. The summed E-state index contributed by atoms with van der Waals surface area (Å²) in [5.74, 6) is -1.12. The highest BCUT2D eigenvalue weighted by Gasteiger charge is 2.36. The fourth-order valence-corrected chi connectivity index (χ4v) is 0.834. The van der Waals surface area contributed by atoms with E-state index in [0.29, 0.717) is 0 Å². The molecule has 1 aliphatic heterocycles. The van der Waals surface area contributed by atoms with Gasteiger partial charge in [-0.25, -0.2) is 4.79 Å². The molecule has 0 spiro atoms. The molecule has 0 saturated carbocycles. The number of nitrogens with two attached hydrogens (primary N) is 1. The third-order valence-electron chi connectivity index (χ3n) is 0.840. The van der Waals surface area contributed by atoms with Crippen LogP contribution in [0.1, 0.15) is 0 Å². The van der Waals surface area contributed by atoms with Crippen molar-refractivity contribution in [2.75, 3.05) is 0 Å². The average Bonchev–Trinajstić information content (AvgIpc) is 2.16. The van der Waals surface area contributed by atoms with E-state index in [4.69, 9.17) is 10.8 Å². The summed E-state index contributed by atoms with van der Waals surface area (Å²) in [6.07, 6.45) is 0. The Labute approximate surface area is 55.3 Å². The van der Waals surface area contributed by atoms with E-state index in [1.54, 1.807) is 0 Å². The molecule has 0 amide bonds. The Balaban J connectivity index is 2.66. The number of carboxylic acid groups (broad SMARTS) is 1. The first-order chi connectivity index (χ1) is 4.15. The van der Waals surface area contributed by atoms with Crippen molar-refractivity contribution in [1.82, 2.24) is 5.43 Å². The zero-order valence-electron chi connectivity index (χ0n) is 4.37. The molecule has 1 heterocycles. The largest absolute Gasteiger partial charge is 0.478 e. The summed E-state index contributed by atoms with van der Waals surface area (Å²) in [4.78, 5) is 8.79. The van der Waals surface area contributed by atoms with Gasteiger partial charge in [-0.3, -0.25) is 11.2 Å². The minimum Gasteiger partial charge on any atom is -0.478 e. The maximum atomic E-state index is 10.2. The topological polar surface area (TPSA) is 87.7 Å². The van der Waals surface area contributed by atoms with Gasteiger partial charge in [0.25, 0.3) is 4.99 Å². The first-order valence-corrected chi connectivity index (χ1v) is 3.02. The second-order valence-electron chi connectivity index (χ2n) is 1.50. The molecule has 1 unspecified atom stereocenters. The molecule has 0 aromatic carbocycles. The zero-order chi connectivity index (χ0) is 6.91. The van der Waals surface area contributed by atoms with E-state index in [2.05, 4.69) is 10.5 Å². The van der Waals surface area contributed by atoms with Crippen LogP contribution in [0.2, 0.25) is 0 Å². The third kappa shape index (κ3) is 0.984. The van der Waals surface area contributed by atoms with Gasteiger partial charge in [-0.15, -0.1) is 0 Å². The van der Waals surface area contributed by atoms with Crippen molar-refractivity contribution in [1.29, 1.82) is 0 Å². The Hall–Kier alpha value is -0.750. The molecule has 0 aromatic heterocycles. The Morgan fingerprint density at radius 1 is 2.00 bits per heavy atom. The van der Waals surface area contributed by atoms with E-state index in [1.807, 2.05) is 0 Å². The van der Waals surface area contributed by atoms with Crippen molar-refractivity contribution >= 4 is 23.3 Å². The number of carboxylic acids is 1. The van der Waals surface area contributed by atoms with Crippen LogP contribution < -0.4 is 11.2 Å². The predicted molar refractivity (Wildman–Crippen MR) is 33.8 cm³/mol. The minimum absolute atomic E-state index is 0.928. The van der Waals surface area contributed by atoms with Crippen molar-refractivity contribution in [3.63, 3.8) is 0 Å². The summed E-state index contributed by atoms with van der Waals surface area (Å²) in [7, 11) is 0. The van der Waals surface area contributed by atoms with E-state index in [0.717, 1.165) is 11.8 Å². The number of nitrogens with one attached hydrogen (secondary N) is 1. The molecular formula is C3H5N3O2S. The van der Waals surface area contributed by atoms with Crippen molar-refractivity contribution in [3.8, 4) is 0 Å². The molecule has 0 radical (unpaired) electrons. The monoisotopic (exact) mass is 147 g/mol. The summed E-state index contributed by atoms with van der Waals surface area (Å²) < 4.78 is 0. The van der Waals surface area contributed by atoms with Gasteiger partial charge in [0.2, 0.25) is 0 Å². The van der Waals surface area contributed by atoms with E-state index in [1.165, 1.54) is 5.55 Å². The van der Waals surface area contributed by atoms with E-state index < -0.39 is 11.0 Å². The normalized spacial score (nSPS) is 32.1. The molecule has 6 heteroatoms. The molecule has 1 aliphatic rings. The first kappa shape index (κ1) is 6.37. The number of hydrazone groups is 1. The van der Waals surface area contributed by atoms with Crippen LogP contribution in [0, 0.1) is 0 Å². The molecule has 5 nitrogen and oxygen atoms in total. The third-order valence-corrected chi connectivity index (χ3v) is 1.69. The fraction of sp³-hybridized carbons (Fsp3) is 0.333. The Morgan fingerprint density at radius 3 is 2.89 bits per heavy atom. The molecule has 0 fully saturated rings. The highest BCUT2D eigenvalue weighted by molar-refractivity contribution is 8.14. The molecular weight excluding hydrogens is 142 g/mol. The summed E-state index contributed by atoms with van der Waals surface area (Å²) in [5, 5.41) is 11.8. The van der Waals surface area contributed by atoms with Crippen molar-refractivity contribution < 1.29 is 9.90 Å². The highest BCUT2D eigenvalue weighted by atomic mass is 32.2. The van der Waals surface area contributed by atoms with Gasteiger partial charge in [-0.1, -0.05) is 11.8 Å². The first-order valence-electron chi connectivity index (χ1n) is 2.14. The van der Waals surface area contributed by atoms with Gasteiger partial charge in [-0.2, -0.15) is 5.10 Å². The molecule has 0 aliphatic carbocycles. The molecule has 0 aromatic rings. The highest BCUT2D eigenvalue weighted by Crippen LogP contribution is 2.17. The van der Waals surface area contributed by atoms with Crippen LogP contribution in [-0.2, 0) is 4.79 Å². The lowest BCUT2D eigenvalue weighted by Crippen LogP contribution is -2.52. The summed E-state index contributed by atoms with van der Waals surface area (Å²) in [5.41, 5.74) is 8.83. The fourth-order valence-electron chi connectivity index (χ4n) is 0.356. The number of nitrogens with zero attached hydrogens (tertiary/aromatic N) is 1.